The Morgan fingerprint density at radius 3 is 2.59 bits per heavy atom. The summed E-state index contributed by atoms with van der Waals surface area (Å²) < 4.78 is 15.8. The van der Waals surface area contributed by atoms with E-state index in [9.17, 15) is 19.7 Å². The van der Waals surface area contributed by atoms with Gasteiger partial charge < -0.3 is 24.4 Å². The van der Waals surface area contributed by atoms with Crippen LogP contribution in [-0.2, 0) is 19.0 Å². The summed E-state index contributed by atoms with van der Waals surface area (Å²) >= 11 is 0. The molecule has 1 aliphatic heterocycles. The minimum absolute atomic E-state index is 0.00245. The van der Waals surface area contributed by atoms with E-state index in [0.717, 1.165) is 6.07 Å². The Balaban J connectivity index is 2.06. The number of carbonyl (C=O) groups excluding carboxylic acids is 2. The van der Waals surface area contributed by atoms with Crippen molar-refractivity contribution in [2.24, 2.45) is 0 Å². The van der Waals surface area contributed by atoms with Crippen molar-refractivity contribution in [3.05, 3.63) is 33.9 Å². The first-order valence-corrected chi connectivity index (χ1v) is 9.39. The van der Waals surface area contributed by atoms with Crippen LogP contribution in [0.5, 0.6) is 0 Å². The lowest BCUT2D eigenvalue weighted by molar-refractivity contribution is -0.384. The molecule has 10 heteroatoms. The third-order valence-corrected chi connectivity index (χ3v) is 4.41. The summed E-state index contributed by atoms with van der Waals surface area (Å²) in [5, 5.41) is 14.2. The Labute approximate surface area is 169 Å². The highest BCUT2D eigenvalue weighted by molar-refractivity contribution is 5.93. The van der Waals surface area contributed by atoms with E-state index >= 15 is 0 Å². The summed E-state index contributed by atoms with van der Waals surface area (Å²) in [6.45, 7) is 6.81. The Morgan fingerprint density at radius 1 is 1.34 bits per heavy atom. The van der Waals surface area contributed by atoms with Crippen LogP contribution in [0.4, 0.5) is 11.4 Å². The predicted octanol–water partition coefficient (Wildman–Crippen LogP) is 1.83. The van der Waals surface area contributed by atoms with Crippen LogP contribution in [0.3, 0.4) is 0 Å². The fraction of sp³-hybridized carbons (Fsp3) is 0.579. The topological polar surface area (TPSA) is 120 Å². The van der Waals surface area contributed by atoms with E-state index < -0.39 is 17.0 Å². The van der Waals surface area contributed by atoms with E-state index in [4.69, 9.17) is 14.2 Å². The lowest BCUT2D eigenvalue weighted by Crippen LogP contribution is -2.51. The van der Waals surface area contributed by atoms with E-state index in [-0.39, 0.29) is 35.1 Å². The maximum Gasteiger partial charge on any atom is 0.339 e. The zero-order valence-electron chi connectivity index (χ0n) is 17.0. The first-order valence-electron chi connectivity index (χ1n) is 9.39. The molecule has 1 aliphatic rings. The minimum atomic E-state index is -1.02. The lowest BCUT2D eigenvalue weighted by atomic mass is 10.1. The first-order chi connectivity index (χ1) is 13.7. The van der Waals surface area contributed by atoms with Crippen molar-refractivity contribution in [2.75, 3.05) is 38.7 Å². The number of nitro benzene ring substituents is 1. The number of rotatable bonds is 8. The third-order valence-electron chi connectivity index (χ3n) is 4.41. The molecule has 29 heavy (non-hydrogen) atoms. The monoisotopic (exact) mass is 409 g/mol. The van der Waals surface area contributed by atoms with E-state index in [1.54, 1.807) is 4.90 Å². The number of esters is 1. The Bertz CT molecular complexity index is 745. The molecule has 160 valence electrons. The second kappa shape index (κ2) is 10.2. The van der Waals surface area contributed by atoms with Gasteiger partial charge in [0.2, 0.25) is 0 Å². The first kappa shape index (κ1) is 22.6. The molecule has 3 unspecified atom stereocenters. The summed E-state index contributed by atoms with van der Waals surface area (Å²) in [5.74, 6) is -1.13. The van der Waals surface area contributed by atoms with Gasteiger partial charge in [0, 0.05) is 32.8 Å². The number of benzene rings is 1. The van der Waals surface area contributed by atoms with E-state index in [2.05, 4.69) is 5.32 Å². The third kappa shape index (κ3) is 6.13. The normalized spacial score (nSPS) is 20.1. The number of carbonyl (C=O) groups is 2. The molecule has 10 nitrogen and oxygen atoms in total. The molecule has 1 heterocycles. The van der Waals surface area contributed by atoms with Gasteiger partial charge in [-0.25, -0.2) is 4.79 Å². The molecule has 1 saturated heterocycles. The predicted molar refractivity (Wildman–Crippen MR) is 105 cm³/mol. The summed E-state index contributed by atoms with van der Waals surface area (Å²) in [6.07, 6.45) is -1.23. The van der Waals surface area contributed by atoms with Crippen LogP contribution in [0.2, 0.25) is 0 Å². The lowest BCUT2D eigenvalue weighted by Gasteiger charge is -2.36. The highest BCUT2D eigenvalue weighted by atomic mass is 16.6. The van der Waals surface area contributed by atoms with E-state index in [1.165, 1.54) is 26.2 Å². The molecule has 0 spiro atoms. The summed E-state index contributed by atoms with van der Waals surface area (Å²) in [6, 6.07) is 3.98. The highest BCUT2D eigenvalue weighted by Crippen LogP contribution is 2.26. The number of hydrogen-bond donors (Lipinski definition) is 1. The molecule has 1 aromatic carbocycles. The summed E-state index contributed by atoms with van der Waals surface area (Å²) in [4.78, 5) is 37.4. The molecule has 1 aromatic rings. The standard InChI is InChI=1S/C19H27N3O7/c1-12-10-21(11-13(2)28-12)18(23)14(3)29-19(24)15-5-6-16(20-7-8-27-4)17(9-15)22(25)26/h5-6,9,12-14,20H,7-8,10-11H2,1-4H3. The fourth-order valence-corrected chi connectivity index (χ4v) is 3.14. The molecule has 0 aliphatic carbocycles. The Morgan fingerprint density at radius 2 is 2.00 bits per heavy atom. The van der Waals surface area contributed by atoms with Crippen LogP contribution in [-0.4, -0.2) is 73.4 Å². The number of hydrogen-bond acceptors (Lipinski definition) is 8. The zero-order chi connectivity index (χ0) is 21.6. The number of nitro groups is 1. The number of morpholine rings is 1. The van der Waals surface area contributed by atoms with Gasteiger partial charge in [-0.1, -0.05) is 0 Å². The van der Waals surface area contributed by atoms with Crippen LogP contribution < -0.4 is 5.32 Å². The molecule has 0 bridgehead atoms. The molecule has 2 rings (SSSR count). The maximum atomic E-state index is 12.6. The molecular weight excluding hydrogens is 382 g/mol. The fourth-order valence-electron chi connectivity index (χ4n) is 3.14. The second-order valence-corrected chi connectivity index (χ2v) is 6.96. The van der Waals surface area contributed by atoms with Crippen molar-refractivity contribution in [3.8, 4) is 0 Å². The number of amides is 1. The number of methoxy groups -OCH3 is 1. The molecule has 1 amide bonds. The minimum Gasteiger partial charge on any atom is -0.449 e. The molecule has 3 atom stereocenters. The Kier molecular flexibility index (Phi) is 7.91. The van der Waals surface area contributed by atoms with Crippen molar-refractivity contribution in [1.82, 2.24) is 4.90 Å². The quantitative estimate of drug-likeness (QED) is 0.299. The van der Waals surface area contributed by atoms with Gasteiger partial charge in [-0.2, -0.15) is 0 Å². The number of ether oxygens (including phenoxy) is 3. The SMILES string of the molecule is COCCNc1ccc(C(=O)OC(C)C(=O)N2CC(C)OC(C)C2)cc1[N+](=O)[O-]. The molecular formula is C19H27N3O7. The molecule has 1 fully saturated rings. The zero-order valence-corrected chi connectivity index (χ0v) is 17.0. The van der Waals surface area contributed by atoms with Gasteiger partial charge in [0.1, 0.15) is 5.69 Å². The van der Waals surface area contributed by atoms with Gasteiger partial charge >= 0.3 is 5.97 Å². The van der Waals surface area contributed by atoms with Crippen molar-refractivity contribution in [1.29, 1.82) is 0 Å². The second-order valence-electron chi connectivity index (χ2n) is 6.96. The van der Waals surface area contributed by atoms with Crippen LogP contribution >= 0.6 is 0 Å². The van der Waals surface area contributed by atoms with Crippen LogP contribution in [0, 0.1) is 10.1 Å². The smallest absolute Gasteiger partial charge is 0.339 e. The average molecular weight is 409 g/mol. The van der Waals surface area contributed by atoms with Crippen LogP contribution in [0.1, 0.15) is 31.1 Å². The van der Waals surface area contributed by atoms with Crippen molar-refractivity contribution < 1.29 is 28.7 Å². The van der Waals surface area contributed by atoms with Crippen molar-refractivity contribution in [2.45, 2.75) is 39.1 Å². The highest BCUT2D eigenvalue weighted by Gasteiger charge is 2.31. The largest absolute Gasteiger partial charge is 0.449 e. The van der Waals surface area contributed by atoms with Gasteiger partial charge in [0.05, 0.1) is 29.3 Å². The van der Waals surface area contributed by atoms with E-state index in [0.29, 0.717) is 26.2 Å². The molecule has 0 saturated carbocycles. The number of anilines is 1. The number of nitrogens with one attached hydrogen (secondary N) is 1. The number of nitrogens with zero attached hydrogens (tertiary/aromatic N) is 2. The van der Waals surface area contributed by atoms with Gasteiger partial charge in [0.25, 0.3) is 11.6 Å². The molecule has 1 N–H and O–H groups in total. The van der Waals surface area contributed by atoms with Gasteiger partial charge in [0.15, 0.2) is 6.10 Å². The van der Waals surface area contributed by atoms with Crippen LogP contribution in [0.15, 0.2) is 18.2 Å². The maximum absolute atomic E-state index is 12.6. The van der Waals surface area contributed by atoms with Crippen LogP contribution in [0.25, 0.3) is 0 Å². The van der Waals surface area contributed by atoms with Gasteiger partial charge in [-0.05, 0) is 32.9 Å². The van der Waals surface area contributed by atoms with Gasteiger partial charge in [-0.3, -0.25) is 14.9 Å². The summed E-state index contributed by atoms with van der Waals surface area (Å²) in [7, 11) is 1.52. The average Bonchev–Trinajstić information content (AvgIpc) is 2.66. The van der Waals surface area contributed by atoms with E-state index in [1.807, 2.05) is 13.8 Å². The molecule has 0 aromatic heterocycles. The summed E-state index contributed by atoms with van der Waals surface area (Å²) in [5.41, 5.74) is 0.00623. The van der Waals surface area contributed by atoms with Crippen molar-refractivity contribution in [3.63, 3.8) is 0 Å². The van der Waals surface area contributed by atoms with Gasteiger partial charge in [-0.15, -0.1) is 0 Å². The van der Waals surface area contributed by atoms with Crippen molar-refractivity contribution >= 4 is 23.3 Å². The molecule has 0 radical (unpaired) electrons. The Hall–Kier alpha value is -2.72.